The third kappa shape index (κ3) is 4.90. The summed E-state index contributed by atoms with van der Waals surface area (Å²) in [6, 6.07) is 12.1. The van der Waals surface area contributed by atoms with Gasteiger partial charge in [-0.25, -0.2) is 22.0 Å². The van der Waals surface area contributed by atoms with Gasteiger partial charge in [-0.2, -0.15) is 0 Å². The monoisotopic (exact) mass is 396 g/mol. The van der Waals surface area contributed by atoms with Gasteiger partial charge in [-0.05, 0) is 43.7 Å². The van der Waals surface area contributed by atoms with E-state index < -0.39 is 31.0 Å². The van der Waals surface area contributed by atoms with Crippen LogP contribution in [-0.2, 0) is 25.6 Å². The molecule has 0 bridgehead atoms. The van der Waals surface area contributed by atoms with E-state index in [1.165, 1.54) is 36.4 Å². The molecule has 26 heavy (non-hydrogen) atoms. The molecule has 0 saturated carbocycles. The molecule has 0 spiro atoms. The lowest BCUT2D eigenvalue weighted by atomic mass is 10.2. The van der Waals surface area contributed by atoms with Crippen LogP contribution in [0.2, 0.25) is 0 Å². The molecule has 0 radical (unpaired) electrons. The van der Waals surface area contributed by atoms with Crippen molar-refractivity contribution >= 4 is 31.5 Å². The fraction of sp³-hybridized carbons (Fsp3) is 0.235. The number of rotatable bonds is 6. The molecule has 2 aromatic rings. The molecule has 0 aromatic heterocycles. The van der Waals surface area contributed by atoms with Crippen molar-refractivity contribution < 1.29 is 21.6 Å². The lowest BCUT2D eigenvalue weighted by Crippen LogP contribution is -2.20. The van der Waals surface area contributed by atoms with Crippen LogP contribution < -0.4 is 10.5 Å². The highest BCUT2D eigenvalue weighted by molar-refractivity contribution is 7.92. The topological polar surface area (TPSA) is 123 Å². The summed E-state index contributed by atoms with van der Waals surface area (Å²) in [4.78, 5) is 12.5. The molecule has 0 saturated heterocycles. The second-order valence-corrected chi connectivity index (χ2v) is 10.1. The van der Waals surface area contributed by atoms with Gasteiger partial charge < -0.3 is 5.32 Å². The number of primary sulfonamides is 1. The van der Waals surface area contributed by atoms with Gasteiger partial charge in [0.15, 0.2) is 9.84 Å². The molecule has 3 N–H and O–H groups in total. The Labute approximate surface area is 153 Å². The molecule has 9 heteroatoms. The second-order valence-electron chi connectivity index (χ2n) is 6.05. The first-order valence-electron chi connectivity index (χ1n) is 7.74. The largest absolute Gasteiger partial charge is 0.322 e. The van der Waals surface area contributed by atoms with Crippen molar-refractivity contribution in [1.29, 1.82) is 0 Å². The minimum absolute atomic E-state index is 0.0293. The van der Waals surface area contributed by atoms with Gasteiger partial charge in [-0.15, -0.1) is 0 Å². The van der Waals surface area contributed by atoms with E-state index in [1.807, 2.05) is 0 Å². The molecule has 0 fully saturated rings. The Kier molecular flexibility index (Phi) is 5.84. The van der Waals surface area contributed by atoms with Crippen LogP contribution in [0, 0.1) is 0 Å². The highest BCUT2D eigenvalue weighted by Gasteiger charge is 2.25. The minimum Gasteiger partial charge on any atom is -0.322 e. The van der Waals surface area contributed by atoms with E-state index in [0.717, 1.165) is 0 Å². The maximum absolute atomic E-state index is 12.5. The third-order valence-corrected chi connectivity index (χ3v) is 6.58. The molecule has 0 heterocycles. The van der Waals surface area contributed by atoms with Gasteiger partial charge in [0, 0.05) is 5.69 Å². The highest BCUT2D eigenvalue weighted by atomic mass is 32.2. The Bertz CT molecular complexity index is 1010. The molecule has 0 aliphatic carbocycles. The first-order chi connectivity index (χ1) is 12.0. The number of anilines is 1. The smallest absolute Gasteiger partial charge is 0.256 e. The minimum atomic E-state index is -3.64. The number of hydrogen-bond acceptors (Lipinski definition) is 5. The van der Waals surface area contributed by atoms with Gasteiger partial charge in [-0.1, -0.05) is 24.3 Å². The zero-order valence-corrected chi connectivity index (χ0v) is 16.0. The number of sulfonamides is 1. The molecule has 2 aromatic carbocycles. The summed E-state index contributed by atoms with van der Waals surface area (Å²) in [6.07, 6.45) is 0. The molecule has 0 aliphatic rings. The van der Waals surface area contributed by atoms with Gasteiger partial charge in [-0.3, -0.25) is 4.79 Å². The van der Waals surface area contributed by atoms with Crippen LogP contribution in [-0.4, -0.2) is 28.0 Å². The molecule has 7 nitrogen and oxygen atoms in total. The summed E-state index contributed by atoms with van der Waals surface area (Å²) in [5.41, 5.74) is 0.938. The van der Waals surface area contributed by atoms with Gasteiger partial charge in [0.1, 0.15) is 0 Å². The fourth-order valence-corrected chi connectivity index (χ4v) is 4.17. The predicted octanol–water partition coefficient (Wildman–Crippen LogP) is 1.91. The molecular formula is C17H20N2O5S2. The van der Waals surface area contributed by atoms with E-state index in [-0.39, 0.29) is 16.2 Å². The standard InChI is InChI=1S/C17H20N2O5S2/c1-12(2)26(23,24)16-6-4-3-5-15(16)17(20)19-14-9-7-13(8-10-14)11-25(18,21)22/h3-10,12H,11H2,1-2H3,(H,19,20)(H2,18,21,22). The Hall–Kier alpha value is -2.23. The van der Waals surface area contributed by atoms with Crippen LogP contribution in [0.1, 0.15) is 29.8 Å². The first kappa shape index (κ1) is 20.1. The Morgan fingerprint density at radius 2 is 1.58 bits per heavy atom. The van der Waals surface area contributed by atoms with Gasteiger partial charge in [0.2, 0.25) is 10.0 Å². The van der Waals surface area contributed by atoms with Crippen LogP contribution >= 0.6 is 0 Å². The first-order valence-corrected chi connectivity index (χ1v) is 11.0. The van der Waals surface area contributed by atoms with Crippen molar-refractivity contribution in [1.82, 2.24) is 0 Å². The number of sulfone groups is 1. The summed E-state index contributed by atoms with van der Waals surface area (Å²) in [5.74, 6) is -0.875. The average Bonchev–Trinajstić information content (AvgIpc) is 2.55. The molecule has 0 atom stereocenters. The predicted molar refractivity (Wildman–Crippen MR) is 100.0 cm³/mol. The van der Waals surface area contributed by atoms with Crippen LogP contribution in [0.15, 0.2) is 53.4 Å². The Morgan fingerprint density at radius 1 is 1.00 bits per heavy atom. The number of hydrogen-bond donors (Lipinski definition) is 2. The average molecular weight is 396 g/mol. The zero-order valence-electron chi connectivity index (χ0n) is 14.3. The van der Waals surface area contributed by atoms with Crippen LogP contribution in [0.4, 0.5) is 5.69 Å². The summed E-state index contributed by atoms with van der Waals surface area (Å²) in [7, 11) is -7.25. The van der Waals surface area contributed by atoms with Gasteiger partial charge >= 0.3 is 0 Å². The Morgan fingerprint density at radius 3 is 2.12 bits per heavy atom. The van der Waals surface area contributed by atoms with Crippen molar-refractivity contribution in [3.8, 4) is 0 Å². The third-order valence-electron chi connectivity index (χ3n) is 3.64. The molecular weight excluding hydrogens is 376 g/mol. The fourth-order valence-electron chi connectivity index (χ4n) is 2.27. The van der Waals surface area contributed by atoms with Crippen LogP contribution in [0.5, 0.6) is 0 Å². The SMILES string of the molecule is CC(C)S(=O)(=O)c1ccccc1C(=O)Nc1ccc(CS(N)(=O)=O)cc1. The van der Waals surface area contributed by atoms with Crippen molar-refractivity contribution in [2.45, 2.75) is 29.7 Å². The van der Waals surface area contributed by atoms with E-state index in [9.17, 15) is 21.6 Å². The van der Waals surface area contributed by atoms with E-state index in [1.54, 1.807) is 26.0 Å². The lowest BCUT2D eigenvalue weighted by Gasteiger charge is -2.13. The van der Waals surface area contributed by atoms with Crippen molar-refractivity contribution in [2.75, 3.05) is 5.32 Å². The number of nitrogens with two attached hydrogens (primary N) is 1. The van der Waals surface area contributed by atoms with Crippen LogP contribution in [0.25, 0.3) is 0 Å². The maximum atomic E-state index is 12.5. The highest BCUT2D eigenvalue weighted by Crippen LogP contribution is 2.22. The van der Waals surface area contributed by atoms with Crippen molar-refractivity contribution in [2.24, 2.45) is 5.14 Å². The number of carbonyl (C=O) groups is 1. The van der Waals surface area contributed by atoms with Gasteiger partial charge in [0.05, 0.1) is 21.5 Å². The Balaban J connectivity index is 2.27. The summed E-state index contributed by atoms with van der Waals surface area (Å²) in [6.45, 7) is 3.10. The second kappa shape index (κ2) is 7.56. The van der Waals surface area contributed by atoms with Gasteiger partial charge in [0.25, 0.3) is 5.91 Å². The molecule has 1 amide bonds. The lowest BCUT2D eigenvalue weighted by molar-refractivity contribution is 0.102. The number of amides is 1. The van der Waals surface area contributed by atoms with E-state index in [0.29, 0.717) is 11.3 Å². The van der Waals surface area contributed by atoms with E-state index >= 15 is 0 Å². The maximum Gasteiger partial charge on any atom is 0.256 e. The quantitative estimate of drug-likeness (QED) is 0.772. The molecule has 0 unspecified atom stereocenters. The zero-order chi connectivity index (χ0) is 19.5. The van der Waals surface area contributed by atoms with E-state index in [4.69, 9.17) is 5.14 Å². The molecule has 140 valence electrons. The summed E-state index contributed by atoms with van der Waals surface area (Å²) < 4.78 is 47.0. The number of benzene rings is 2. The van der Waals surface area contributed by atoms with E-state index in [2.05, 4.69) is 5.32 Å². The summed E-state index contributed by atoms with van der Waals surface area (Å²) >= 11 is 0. The summed E-state index contributed by atoms with van der Waals surface area (Å²) in [5, 5.41) is 6.95. The number of carbonyl (C=O) groups excluding carboxylic acids is 1. The number of nitrogens with one attached hydrogen (secondary N) is 1. The normalized spacial score (nSPS) is 12.2. The van der Waals surface area contributed by atoms with Crippen molar-refractivity contribution in [3.05, 3.63) is 59.7 Å². The molecule has 0 aliphatic heterocycles. The van der Waals surface area contributed by atoms with Crippen molar-refractivity contribution in [3.63, 3.8) is 0 Å². The van der Waals surface area contributed by atoms with Crippen LogP contribution in [0.3, 0.4) is 0 Å². The molecule has 2 rings (SSSR count).